The molecule has 0 atom stereocenters. The van der Waals surface area contributed by atoms with Crippen LogP contribution in [-0.4, -0.2) is 53.7 Å². The van der Waals surface area contributed by atoms with Crippen LogP contribution in [0.4, 0.5) is 11.5 Å². The molecule has 1 amide bonds. The molecule has 0 bridgehead atoms. The summed E-state index contributed by atoms with van der Waals surface area (Å²) in [6.45, 7) is 7.08. The van der Waals surface area contributed by atoms with E-state index in [4.69, 9.17) is 23.2 Å². The number of amides is 1. The molecule has 1 aliphatic rings. The summed E-state index contributed by atoms with van der Waals surface area (Å²) in [6.07, 6.45) is 0. The molecule has 3 rings (SSSR count). The Hall–Kier alpha value is -1.89. The molecule has 1 aromatic carbocycles. The van der Waals surface area contributed by atoms with E-state index in [1.54, 1.807) is 24.3 Å². The second-order valence-corrected chi connectivity index (χ2v) is 6.60. The van der Waals surface area contributed by atoms with Gasteiger partial charge in [0.25, 0.3) is 5.91 Å². The fourth-order valence-electron chi connectivity index (χ4n) is 2.68. The summed E-state index contributed by atoms with van der Waals surface area (Å²) >= 11 is 11.8. The highest BCUT2D eigenvalue weighted by molar-refractivity contribution is 6.42. The number of aromatic nitrogens is 2. The molecular weight excluding hydrogens is 361 g/mol. The molecule has 1 saturated heterocycles. The van der Waals surface area contributed by atoms with Crippen molar-refractivity contribution in [1.29, 1.82) is 0 Å². The fraction of sp³-hybridized carbons (Fsp3) is 0.353. The molecule has 25 heavy (non-hydrogen) atoms. The highest BCUT2D eigenvalue weighted by Gasteiger charge is 2.18. The van der Waals surface area contributed by atoms with E-state index in [-0.39, 0.29) is 11.6 Å². The van der Waals surface area contributed by atoms with Crippen LogP contribution in [0.15, 0.2) is 30.3 Å². The zero-order valence-electron chi connectivity index (χ0n) is 13.9. The predicted molar refractivity (Wildman–Crippen MR) is 101 cm³/mol. The third-order valence-electron chi connectivity index (χ3n) is 4.20. The predicted octanol–water partition coefficient (Wildman–Crippen LogP) is 3.18. The maximum atomic E-state index is 12.3. The van der Waals surface area contributed by atoms with Gasteiger partial charge in [0.05, 0.1) is 10.0 Å². The van der Waals surface area contributed by atoms with Crippen LogP contribution < -0.4 is 10.2 Å². The largest absolute Gasteiger partial charge is 0.353 e. The van der Waals surface area contributed by atoms with Crippen molar-refractivity contribution in [2.24, 2.45) is 0 Å². The summed E-state index contributed by atoms with van der Waals surface area (Å²) in [5, 5.41) is 11.8. The summed E-state index contributed by atoms with van der Waals surface area (Å²) < 4.78 is 0. The average molecular weight is 380 g/mol. The van der Waals surface area contributed by atoms with Crippen molar-refractivity contribution >= 4 is 40.6 Å². The summed E-state index contributed by atoms with van der Waals surface area (Å²) in [6, 6.07) is 8.42. The number of nitrogens with zero attached hydrogens (tertiary/aromatic N) is 4. The Balaban J connectivity index is 1.63. The number of rotatable bonds is 4. The molecule has 0 saturated carbocycles. The number of carbonyl (C=O) groups is 1. The Labute approximate surface area is 156 Å². The molecule has 6 nitrogen and oxygen atoms in total. The van der Waals surface area contributed by atoms with Gasteiger partial charge in [-0.3, -0.25) is 4.79 Å². The third kappa shape index (κ3) is 4.39. The van der Waals surface area contributed by atoms with Gasteiger partial charge >= 0.3 is 0 Å². The number of nitrogens with one attached hydrogen (secondary N) is 1. The van der Waals surface area contributed by atoms with Gasteiger partial charge in [-0.05, 0) is 36.9 Å². The van der Waals surface area contributed by atoms with Gasteiger partial charge in [-0.15, -0.1) is 10.2 Å². The Bertz CT molecular complexity index is 745. The Morgan fingerprint density at radius 1 is 1.08 bits per heavy atom. The van der Waals surface area contributed by atoms with Crippen LogP contribution >= 0.6 is 23.2 Å². The summed E-state index contributed by atoms with van der Waals surface area (Å²) in [4.78, 5) is 16.8. The maximum Gasteiger partial charge on any atom is 0.276 e. The molecular formula is C17H19Cl2N5O. The van der Waals surface area contributed by atoms with E-state index in [1.807, 2.05) is 6.07 Å². The van der Waals surface area contributed by atoms with E-state index in [9.17, 15) is 4.79 Å². The number of carbonyl (C=O) groups excluding carboxylic acids is 1. The lowest BCUT2D eigenvalue weighted by atomic mass is 10.3. The van der Waals surface area contributed by atoms with E-state index < -0.39 is 0 Å². The number of hydrogen-bond donors (Lipinski definition) is 1. The van der Waals surface area contributed by atoms with Gasteiger partial charge in [-0.25, -0.2) is 0 Å². The van der Waals surface area contributed by atoms with Crippen molar-refractivity contribution in [1.82, 2.24) is 15.1 Å². The van der Waals surface area contributed by atoms with Crippen LogP contribution in [0.5, 0.6) is 0 Å². The summed E-state index contributed by atoms with van der Waals surface area (Å²) in [7, 11) is 0. The first-order valence-corrected chi connectivity index (χ1v) is 8.90. The van der Waals surface area contributed by atoms with Crippen LogP contribution in [0.3, 0.4) is 0 Å². The zero-order valence-corrected chi connectivity index (χ0v) is 15.4. The molecule has 132 valence electrons. The minimum absolute atomic E-state index is 0.252. The smallest absolute Gasteiger partial charge is 0.276 e. The first-order valence-electron chi connectivity index (χ1n) is 8.14. The SMILES string of the molecule is CCN1CCN(c2ccc(C(=O)Nc3ccc(Cl)c(Cl)c3)nn2)CC1. The molecule has 2 heterocycles. The van der Waals surface area contributed by atoms with Crippen LogP contribution in [0.25, 0.3) is 0 Å². The number of halogens is 2. The third-order valence-corrected chi connectivity index (χ3v) is 4.94. The minimum atomic E-state index is -0.340. The van der Waals surface area contributed by atoms with Crippen molar-refractivity contribution in [3.8, 4) is 0 Å². The lowest BCUT2D eigenvalue weighted by Crippen LogP contribution is -2.46. The van der Waals surface area contributed by atoms with Crippen LogP contribution in [-0.2, 0) is 0 Å². The first-order chi connectivity index (χ1) is 12.1. The zero-order chi connectivity index (χ0) is 17.8. The number of piperazine rings is 1. The van der Waals surface area contributed by atoms with Gasteiger partial charge in [0, 0.05) is 31.9 Å². The highest BCUT2D eigenvalue weighted by Crippen LogP contribution is 2.25. The molecule has 1 fully saturated rings. The van der Waals surface area contributed by atoms with Gasteiger partial charge in [0.15, 0.2) is 11.5 Å². The number of anilines is 2. The topological polar surface area (TPSA) is 61.4 Å². The van der Waals surface area contributed by atoms with E-state index in [2.05, 4.69) is 32.2 Å². The molecule has 1 N–H and O–H groups in total. The monoisotopic (exact) mass is 379 g/mol. The molecule has 0 unspecified atom stereocenters. The van der Waals surface area contributed by atoms with E-state index in [1.165, 1.54) is 0 Å². The van der Waals surface area contributed by atoms with Crippen molar-refractivity contribution < 1.29 is 4.79 Å². The number of hydrogen-bond acceptors (Lipinski definition) is 5. The fourth-order valence-corrected chi connectivity index (χ4v) is 2.98. The van der Waals surface area contributed by atoms with Crippen LogP contribution in [0, 0.1) is 0 Å². The molecule has 2 aromatic rings. The van der Waals surface area contributed by atoms with Gasteiger partial charge in [-0.1, -0.05) is 30.1 Å². The molecule has 8 heteroatoms. The van der Waals surface area contributed by atoms with Crippen LogP contribution in [0.2, 0.25) is 10.0 Å². The molecule has 1 aromatic heterocycles. The average Bonchev–Trinajstić information content (AvgIpc) is 2.65. The van der Waals surface area contributed by atoms with Crippen LogP contribution in [0.1, 0.15) is 17.4 Å². The highest BCUT2D eigenvalue weighted by atomic mass is 35.5. The minimum Gasteiger partial charge on any atom is -0.353 e. The summed E-state index contributed by atoms with van der Waals surface area (Å²) in [5.74, 6) is 0.454. The van der Waals surface area contributed by atoms with E-state index in [0.717, 1.165) is 38.5 Å². The van der Waals surface area contributed by atoms with Crippen molar-refractivity contribution in [2.75, 3.05) is 42.9 Å². The Morgan fingerprint density at radius 2 is 1.84 bits per heavy atom. The molecule has 0 aliphatic carbocycles. The van der Waals surface area contributed by atoms with E-state index >= 15 is 0 Å². The van der Waals surface area contributed by atoms with Gasteiger partial charge in [-0.2, -0.15) is 0 Å². The Kier molecular flexibility index (Phi) is 5.73. The lowest BCUT2D eigenvalue weighted by Gasteiger charge is -2.34. The van der Waals surface area contributed by atoms with Crippen molar-refractivity contribution in [3.63, 3.8) is 0 Å². The van der Waals surface area contributed by atoms with Gasteiger partial charge in [0.2, 0.25) is 0 Å². The maximum absolute atomic E-state index is 12.3. The van der Waals surface area contributed by atoms with Crippen molar-refractivity contribution in [2.45, 2.75) is 6.92 Å². The van der Waals surface area contributed by atoms with Crippen molar-refractivity contribution in [3.05, 3.63) is 46.1 Å². The molecule has 1 aliphatic heterocycles. The van der Waals surface area contributed by atoms with Gasteiger partial charge in [0.1, 0.15) is 0 Å². The Morgan fingerprint density at radius 3 is 2.44 bits per heavy atom. The summed E-state index contributed by atoms with van der Waals surface area (Å²) in [5.41, 5.74) is 0.808. The normalized spacial score (nSPS) is 15.2. The second kappa shape index (κ2) is 7.99. The molecule has 0 spiro atoms. The standard InChI is InChI=1S/C17H19Cl2N5O/c1-2-23-7-9-24(10-8-23)16-6-5-15(21-22-16)17(25)20-12-3-4-13(18)14(19)11-12/h3-6,11H,2,7-10H2,1H3,(H,20,25). The first kappa shape index (κ1) is 17.9. The number of likely N-dealkylation sites (N-methyl/N-ethyl adjacent to an activating group) is 1. The van der Waals surface area contributed by atoms with Gasteiger partial charge < -0.3 is 15.1 Å². The quantitative estimate of drug-likeness (QED) is 0.883. The second-order valence-electron chi connectivity index (χ2n) is 5.78. The number of benzene rings is 1. The van der Waals surface area contributed by atoms with E-state index in [0.29, 0.717) is 15.7 Å². The lowest BCUT2D eigenvalue weighted by molar-refractivity contribution is 0.102. The molecule has 0 radical (unpaired) electrons.